The Morgan fingerprint density at radius 3 is 2.65 bits per heavy atom. The van der Waals surface area contributed by atoms with Crippen molar-refractivity contribution in [3.63, 3.8) is 0 Å². The summed E-state index contributed by atoms with van der Waals surface area (Å²) in [6.45, 7) is 4.24. The number of Topliss-reactive ketones (excluding diaryl/α,β-unsaturated/α-hetero) is 1. The van der Waals surface area contributed by atoms with Crippen LogP contribution in [0.25, 0.3) is 5.76 Å². The van der Waals surface area contributed by atoms with Gasteiger partial charge in [0.25, 0.3) is 11.7 Å². The van der Waals surface area contributed by atoms with E-state index in [1.54, 1.807) is 50.2 Å². The molecule has 37 heavy (non-hydrogen) atoms. The minimum Gasteiger partial charge on any atom is -0.507 e. The van der Waals surface area contributed by atoms with Crippen LogP contribution in [-0.2, 0) is 32.0 Å². The number of aryl methyl sites for hydroxylation is 1. The minimum absolute atomic E-state index is 0.0497. The van der Waals surface area contributed by atoms with Crippen LogP contribution in [0.2, 0.25) is 0 Å². The molecule has 0 bridgehead atoms. The first kappa shape index (κ1) is 24.8. The van der Waals surface area contributed by atoms with E-state index < -0.39 is 17.7 Å². The van der Waals surface area contributed by atoms with E-state index in [4.69, 9.17) is 9.47 Å². The first-order valence-corrected chi connectivity index (χ1v) is 13.1. The lowest BCUT2D eigenvalue weighted by Crippen LogP contribution is -2.29. The lowest BCUT2D eigenvalue weighted by atomic mass is 9.97. The average Bonchev–Trinajstić information content (AvgIpc) is 3.50. The van der Waals surface area contributed by atoms with E-state index in [1.807, 2.05) is 23.6 Å². The number of anilines is 1. The van der Waals surface area contributed by atoms with Gasteiger partial charge in [-0.15, -0.1) is 11.3 Å². The van der Waals surface area contributed by atoms with E-state index in [1.165, 1.54) is 16.2 Å². The molecule has 1 N–H and O–H groups in total. The Balaban J connectivity index is 1.52. The SMILES string of the molecule is CC(C)OC(=O)Cc1ccc(N2C(=O)C(=O)/C(=C(\O)c3ccc4c(c3)CCCO4)C2c2cccs2)cc1. The lowest BCUT2D eigenvalue weighted by molar-refractivity contribution is -0.146. The Bertz CT molecular complexity index is 1370. The van der Waals surface area contributed by atoms with Gasteiger partial charge in [-0.1, -0.05) is 18.2 Å². The standard InChI is InChI=1S/C29H27NO6S/c1-17(2)36-24(31)15-18-7-10-21(11-8-18)30-26(23-6-4-14-37-23)25(28(33)29(30)34)27(32)20-9-12-22-19(16-20)5-3-13-35-22/h4,6-12,14,16-17,26,32H,3,5,13,15H2,1-2H3/b27-25-. The van der Waals surface area contributed by atoms with Crippen LogP contribution in [0.3, 0.4) is 0 Å². The molecule has 7 nitrogen and oxygen atoms in total. The third-order valence-electron chi connectivity index (χ3n) is 6.37. The lowest BCUT2D eigenvalue weighted by Gasteiger charge is -2.24. The molecule has 0 saturated carbocycles. The van der Waals surface area contributed by atoms with E-state index in [-0.39, 0.29) is 29.8 Å². The maximum atomic E-state index is 13.3. The van der Waals surface area contributed by atoms with Crippen molar-refractivity contribution in [1.29, 1.82) is 0 Å². The molecule has 3 aromatic rings. The van der Waals surface area contributed by atoms with Crippen LogP contribution in [0.15, 0.2) is 65.6 Å². The number of rotatable bonds is 6. The average molecular weight is 518 g/mol. The fourth-order valence-electron chi connectivity index (χ4n) is 4.72. The number of aliphatic hydroxyl groups excluding tert-OH is 1. The van der Waals surface area contributed by atoms with E-state index in [2.05, 4.69) is 0 Å². The van der Waals surface area contributed by atoms with Crippen LogP contribution < -0.4 is 9.64 Å². The second-order valence-electron chi connectivity index (χ2n) is 9.34. The van der Waals surface area contributed by atoms with Crippen molar-refractivity contribution in [2.24, 2.45) is 0 Å². The number of carbonyl (C=O) groups excluding carboxylic acids is 3. The smallest absolute Gasteiger partial charge is 0.310 e. The molecule has 0 radical (unpaired) electrons. The number of nitrogens with zero attached hydrogens (tertiary/aromatic N) is 1. The van der Waals surface area contributed by atoms with Gasteiger partial charge in [-0.05, 0) is 79.6 Å². The molecular weight excluding hydrogens is 490 g/mol. The fourth-order valence-corrected chi connectivity index (χ4v) is 5.55. The largest absolute Gasteiger partial charge is 0.507 e. The summed E-state index contributed by atoms with van der Waals surface area (Å²) < 4.78 is 10.9. The van der Waals surface area contributed by atoms with Crippen LogP contribution in [-0.4, -0.2) is 35.5 Å². The highest BCUT2D eigenvalue weighted by atomic mass is 32.1. The summed E-state index contributed by atoms with van der Waals surface area (Å²) in [4.78, 5) is 40.8. The Morgan fingerprint density at radius 1 is 1.16 bits per heavy atom. The van der Waals surface area contributed by atoms with Crippen molar-refractivity contribution in [2.45, 2.75) is 45.3 Å². The number of esters is 1. The summed E-state index contributed by atoms with van der Waals surface area (Å²) in [6.07, 6.45) is 1.60. The summed E-state index contributed by atoms with van der Waals surface area (Å²) in [6, 6.07) is 15.2. The van der Waals surface area contributed by atoms with Crippen molar-refractivity contribution in [2.75, 3.05) is 11.5 Å². The molecule has 2 aliphatic rings. The Hall–Kier alpha value is -3.91. The molecule has 1 atom stereocenters. The van der Waals surface area contributed by atoms with E-state index in [9.17, 15) is 19.5 Å². The molecule has 3 heterocycles. The summed E-state index contributed by atoms with van der Waals surface area (Å²) in [5, 5.41) is 13.2. The number of thiophene rings is 1. The number of ketones is 1. The highest BCUT2D eigenvalue weighted by Crippen LogP contribution is 2.44. The van der Waals surface area contributed by atoms with Crippen molar-refractivity contribution >= 4 is 40.4 Å². The van der Waals surface area contributed by atoms with Gasteiger partial charge in [-0.3, -0.25) is 19.3 Å². The monoisotopic (exact) mass is 517 g/mol. The second kappa shape index (κ2) is 10.2. The molecule has 1 amide bonds. The molecule has 1 unspecified atom stereocenters. The molecular formula is C29H27NO6S. The predicted molar refractivity (Wildman–Crippen MR) is 141 cm³/mol. The Morgan fingerprint density at radius 2 is 1.95 bits per heavy atom. The van der Waals surface area contributed by atoms with Gasteiger partial charge in [-0.2, -0.15) is 0 Å². The zero-order valence-electron chi connectivity index (χ0n) is 20.6. The van der Waals surface area contributed by atoms with Gasteiger partial charge >= 0.3 is 5.97 Å². The van der Waals surface area contributed by atoms with Crippen LogP contribution in [0.1, 0.15) is 47.9 Å². The maximum Gasteiger partial charge on any atom is 0.310 e. The number of aliphatic hydroxyl groups is 1. The zero-order chi connectivity index (χ0) is 26.1. The fraction of sp³-hybridized carbons (Fsp3) is 0.276. The molecule has 5 rings (SSSR count). The van der Waals surface area contributed by atoms with E-state index >= 15 is 0 Å². The van der Waals surface area contributed by atoms with Gasteiger partial charge in [0.15, 0.2) is 0 Å². The first-order valence-electron chi connectivity index (χ1n) is 12.2. The van der Waals surface area contributed by atoms with Crippen molar-refractivity contribution in [3.8, 4) is 5.75 Å². The van der Waals surface area contributed by atoms with E-state index in [0.29, 0.717) is 17.9 Å². The van der Waals surface area contributed by atoms with Gasteiger partial charge < -0.3 is 14.6 Å². The molecule has 8 heteroatoms. The van der Waals surface area contributed by atoms with Crippen LogP contribution in [0.5, 0.6) is 5.75 Å². The quantitative estimate of drug-likeness (QED) is 0.209. The third kappa shape index (κ3) is 4.89. The summed E-state index contributed by atoms with van der Waals surface area (Å²) in [5.74, 6) is -1.23. The van der Waals surface area contributed by atoms with Crippen molar-refractivity contribution in [3.05, 3.63) is 87.1 Å². The topological polar surface area (TPSA) is 93.1 Å². The Kier molecular flexibility index (Phi) is 6.84. The maximum absolute atomic E-state index is 13.3. The van der Waals surface area contributed by atoms with Gasteiger partial charge in [0.1, 0.15) is 17.6 Å². The van der Waals surface area contributed by atoms with E-state index in [0.717, 1.165) is 34.6 Å². The molecule has 2 aliphatic heterocycles. The van der Waals surface area contributed by atoms with Crippen LogP contribution >= 0.6 is 11.3 Å². The molecule has 0 spiro atoms. The number of ether oxygens (including phenoxy) is 2. The van der Waals surface area contributed by atoms with Crippen molar-refractivity contribution in [1.82, 2.24) is 0 Å². The summed E-state index contributed by atoms with van der Waals surface area (Å²) >= 11 is 1.41. The molecule has 190 valence electrons. The van der Waals surface area contributed by atoms with Crippen molar-refractivity contribution < 1.29 is 29.0 Å². The Labute approximate surface area is 218 Å². The molecule has 1 saturated heterocycles. The summed E-state index contributed by atoms with van der Waals surface area (Å²) in [7, 11) is 0. The first-order chi connectivity index (χ1) is 17.8. The molecule has 1 fully saturated rings. The molecule has 1 aromatic heterocycles. The third-order valence-corrected chi connectivity index (χ3v) is 7.29. The minimum atomic E-state index is -0.774. The number of fused-ring (bicyclic) bond motifs is 1. The molecule has 2 aromatic carbocycles. The highest BCUT2D eigenvalue weighted by Gasteiger charge is 2.47. The van der Waals surface area contributed by atoms with Gasteiger partial charge in [0, 0.05) is 16.1 Å². The second-order valence-corrected chi connectivity index (χ2v) is 10.3. The highest BCUT2D eigenvalue weighted by molar-refractivity contribution is 7.10. The summed E-state index contributed by atoms with van der Waals surface area (Å²) in [5.41, 5.74) is 2.72. The van der Waals surface area contributed by atoms with Crippen LogP contribution in [0, 0.1) is 0 Å². The zero-order valence-corrected chi connectivity index (χ0v) is 21.4. The predicted octanol–water partition coefficient (Wildman–Crippen LogP) is 5.19. The van der Waals surface area contributed by atoms with Gasteiger partial charge in [-0.25, -0.2) is 0 Å². The number of amides is 1. The van der Waals surface area contributed by atoms with Gasteiger partial charge in [0.05, 0.1) is 24.7 Å². The number of hydrogen-bond donors (Lipinski definition) is 1. The number of benzene rings is 2. The normalized spacial score (nSPS) is 18.6. The molecule has 0 aliphatic carbocycles. The number of carbonyl (C=O) groups is 3. The van der Waals surface area contributed by atoms with Gasteiger partial charge in [0.2, 0.25) is 0 Å². The number of hydrogen-bond acceptors (Lipinski definition) is 7. The van der Waals surface area contributed by atoms with Crippen LogP contribution in [0.4, 0.5) is 5.69 Å².